The first-order valence-corrected chi connectivity index (χ1v) is 7.94. The summed E-state index contributed by atoms with van der Waals surface area (Å²) in [6.07, 6.45) is 7.11. The second kappa shape index (κ2) is 6.64. The zero-order valence-corrected chi connectivity index (χ0v) is 13.6. The van der Waals surface area contributed by atoms with Crippen molar-refractivity contribution >= 4 is 11.7 Å². The molecule has 3 rings (SSSR count). The number of carbonyl (C=O) groups is 1. The van der Waals surface area contributed by atoms with Gasteiger partial charge in [0.15, 0.2) is 0 Å². The molecule has 1 aliphatic heterocycles. The molecule has 0 unspecified atom stereocenters. The monoisotopic (exact) mass is 317 g/mol. The average Bonchev–Trinajstić information content (AvgIpc) is 2.86. The normalized spacial score (nSPS) is 22.5. The van der Waals surface area contributed by atoms with Gasteiger partial charge < -0.3 is 14.9 Å². The predicted molar refractivity (Wildman–Crippen MR) is 86.2 cm³/mol. The summed E-state index contributed by atoms with van der Waals surface area (Å²) in [5.41, 5.74) is 0.403. The largest absolute Gasteiger partial charge is 0.396 e. The summed E-state index contributed by atoms with van der Waals surface area (Å²) >= 11 is 0. The summed E-state index contributed by atoms with van der Waals surface area (Å²) in [5, 5.41) is 9.54. The Labute approximate surface area is 135 Å². The Morgan fingerprint density at radius 1 is 1.39 bits per heavy atom. The van der Waals surface area contributed by atoms with Crippen molar-refractivity contribution in [2.24, 2.45) is 5.92 Å². The van der Waals surface area contributed by atoms with Gasteiger partial charge in [0.1, 0.15) is 5.69 Å². The van der Waals surface area contributed by atoms with Crippen LogP contribution in [0.1, 0.15) is 23.3 Å². The fraction of sp³-hybridized carbons (Fsp3) is 0.562. The van der Waals surface area contributed by atoms with Crippen LogP contribution >= 0.6 is 0 Å². The van der Waals surface area contributed by atoms with Crippen molar-refractivity contribution < 1.29 is 9.90 Å². The number of rotatable bonds is 3. The Kier molecular flexibility index (Phi) is 4.58. The summed E-state index contributed by atoms with van der Waals surface area (Å²) in [5.74, 6) is 0.551. The van der Waals surface area contributed by atoms with Gasteiger partial charge in [-0.1, -0.05) is 0 Å². The van der Waals surface area contributed by atoms with Gasteiger partial charge in [0.25, 0.3) is 5.91 Å². The van der Waals surface area contributed by atoms with E-state index in [0.29, 0.717) is 30.6 Å². The Morgan fingerprint density at radius 3 is 2.91 bits per heavy atom. The molecule has 7 heteroatoms. The van der Waals surface area contributed by atoms with E-state index >= 15 is 0 Å². The second-order valence-corrected chi connectivity index (χ2v) is 6.41. The average molecular weight is 317 g/mol. The minimum atomic E-state index is -0.0947. The van der Waals surface area contributed by atoms with Crippen molar-refractivity contribution in [2.45, 2.75) is 18.9 Å². The van der Waals surface area contributed by atoms with E-state index in [-0.39, 0.29) is 18.4 Å². The summed E-state index contributed by atoms with van der Waals surface area (Å²) in [6.45, 7) is 1.33. The number of likely N-dealkylation sites (N-methyl/N-ethyl adjacent to an activating group) is 1. The summed E-state index contributed by atoms with van der Waals surface area (Å²) < 4.78 is 1.75. The van der Waals surface area contributed by atoms with E-state index in [1.165, 1.54) is 0 Å². The molecule has 23 heavy (non-hydrogen) atoms. The fourth-order valence-corrected chi connectivity index (χ4v) is 3.08. The Bertz CT molecular complexity index is 651. The maximum absolute atomic E-state index is 12.9. The van der Waals surface area contributed by atoms with Crippen LogP contribution in [0.3, 0.4) is 0 Å². The molecule has 3 heterocycles. The molecule has 1 N–H and O–H groups in total. The highest BCUT2D eigenvalue weighted by atomic mass is 16.3. The van der Waals surface area contributed by atoms with Crippen molar-refractivity contribution in [1.82, 2.24) is 24.2 Å². The highest BCUT2D eigenvalue weighted by Crippen LogP contribution is 2.20. The molecule has 0 aromatic carbocycles. The maximum Gasteiger partial charge on any atom is 0.274 e. The number of nitrogens with zero attached hydrogens (tertiary/aromatic N) is 5. The van der Waals surface area contributed by atoms with Crippen LogP contribution < -0.4 is 0 Å². The molecule has 1 aliphatic rings. The molecule has 2 aromatic heterocycles. The highest BCUT2D eigenvalue weighted by molar-refractivity contribution is 5.92. The summed E-state index contributed by atoms with van der Waals surface area (Å²) in [7, 11) is 4.06. The molecule has 0 radical (unpaired) electrons. The third kappa shape index (κ3) is 3.35. The molecular formula is C16H23N5O2. The first kappa shape index (κ1) is 15.9. The number of aliphatic hydroxyl groups is 1. The summed E-state index contributed by atoms with van der Waals surface area (Å²) in [6, 6.07) is 2.10. The minimum absolute atomic E-state index is 0.0947. The van der Waals surface area contributed by atoms with E-state index in [4.69, 9.17) is 0 Å². The van der Waals surface area contributed by atoms with E-state index in [9.17, 15) is 9.90 Å². The number of hydrogen-bond donors (Lipinski definition) is 1. The van der Waals surface area contributed by atoms with Gasteiger partial charge in [-0.3, -0.25) is 9.20 Å². The van der Waals surface area contributed by atoms with Gasteiger partial charge in [-0.15, -0.1) is 0 Å². The lowest BCUT2D eigenvalue weighted by Gasteiger charge is -2.28. The minimum Gasteiger partial charge on any atom is -0.396 e. The molecule has 1 saturated heterocycles. The molecule has 1 amide bonds. The van der Waals surface area contributed by atoms with Gasteiger partial charge in [0, 0.05) is 44.3 Å². The first-order chi connectivity index (χ1) is 11.1. The number of likely N-dealkylation sites (tertiary alicyclic amines) is 1. The van der Waals surface area contributed by atoms with Gasteiger partial charge in [-0.2, -0.15) is 0 Å². The molecule has 2 aromatic rings. The lowest BCUT2D eigenvalue weighted by Crippen LogP contribution is -2.43. The van der Waals surface area contributed by atoms with Crippen LogP contribution in [0.4, 0.5) is 0 Å². The van der Waals surface area contributed by atoms with Crippen LogP contribution in [0.25, 0.3) is 5.78 Å². The van der Waals surface area contributed by atoms with Crippen LogP contribution in [0.2, 0.25) is 0 Å². The number of fused-ring (bicyclic) bond motifs is 1. The standard InChI is InChI=1S/C16H23N5O2/c1-19(2)13-5-4-12(11-22)8-21(9-13)15(23)14-10-20-7-3-6-17-16(20)18-14/h3,6-7,10,12-13,22H,4-5,8-9,11H2,1-2H3/t12-,13+/m0/s1. The third-order valence-electron chi connectivity index (χ3n) is 4.55. The van der Waals surface area contributed by atoms with Gasteiger partial charge in [-0.05, 0) is 38.9 Å². The van der Waals surface area contributed by atoms with Gasteiger partial charge in [-0.25, -0.2) is 9.97 Å². The van der Waals surface area contributed by atoms with E-state index in [1.54, 1.807) is 22.9 Å². The molecule has 124 valence electrons. The molecule has 0 bridgehead atoms. The zero-order valence-electron chi connectivity index (χ0n) is 13.6. The summed E-state index contributed by atoms with van der Waals surface area (Å²) in [4.78, 5) is 25.3. The zero-order chi connectivity index (χ0) is 16.4. The lowest BCUT2D eigenvalue weighted by molar-refractivity contribution is 0.0684. The van der Waals surface area contributed by atoms with Crippen molar-refractivity contribution in [3.63, 3.8) is 0 Å². The van der Waals surface area contributed by atoms with E-state index in [1.807, 2.05) is 25.2 Å². The number of carbonyl (C=O) groups excluding carboxylic acids is 1. The van der Waals surface area contributed by atoms with Crippen molar-refractivity contribution in [1.29, 1.82) is 0 Å². The molecule has 0 spiro atoms. The number of amides is 1. The highest BCUT2D eigenvalue weighted by Gasteiger charge is 2.29. The molecule has 0 aliphatic carbocycles. The van der Waals surface area contributed by atoms with Crippen molar-refractivity contribution in [3.8, 4) is 0 Å². The smallest absolute Gasteiger partial charge is 0.274 e. The molecular weight excluding hydrogens is 294 g/mol. The number of hydrogen-bond acceptors (Lipinski definition) is 5. The predicted octanol–water partition coefficient (Wildman–Crippen LogP) is 0.504. The SMILES string of the molecule is CN(C)[C@@H]1CC[C@H](CO)CN(C(=O)c2cn3cccnc3n2)C1. The number of imidazole rings is 1. The molecule has 7 nitrogen and oxygen atoms in total. The number of aromatic nitrogens is 3. The molecule has 1 fully saturated rings. The van der Waals surface area contributed by atoms with Crippen molar-refractivity contribution in [2.75, 3.05) is 33.8 Å². The second-order valence-electron chi connectivity index (χ2n) is 6.41. The molecule has 2 atom stereocenters. The third-order valence-corrected chi connectivity index (χ3v) is 4.55. The fourth-order valence-electron chi connectivity index (χ4n) is 3.08. The van der Waals surface area contributed by atoms with E-state index in [0.717, 1.165) is 12.8 Å². The van der Waals surface area contributed by atoms with Gasteiger partial charge in [0.2, 0.25) is 5.78 Å². The maximum atomic E-state index is 12.9. The van der Waals surface area contributed by atoms with Crippen LogP contribution in [0.5, 0.6) is 0 Å². The van der Waals surface area contributed by atoms with Crippen LogP contribution in [-0.2, 0) is 0 Å². The molecule has 0 saturated carbocycles. The Morgan fingerprint density at radius 2 is 2.22 bits per heavy atom. The topological polar surface area (TPSA) is 74.0 Å². The van der Waals surface area contributed by atoms with Crippen LogP contribution in [0.15, 0.2) is 24.7 Å². The van der Waals surface area contributed by atoms with Crippen molar-refractivity contribution in [3.05, 3.63) is 30.4 Å². The van der Waals surface area contributed by atoms with E-state index < -0.39 is 0 Å². The van der Waals surface area contributed by atoms with Crippen LogP contribution in [0, 0.1) is 5.92 Å². The first-order valence-electron chi connectivity index (χ1n) is 7.94. The van der Waals surface area contributed by atoms with E-state index in [2.05, 4.69) is 14.9 Å². The Balaban J connectivity index is 1.85. The quantitative estimate of drug-likeness (QED) is 0.892. The number of aliphatic hydroxyl groups excluding tert-OH is 1. The van der Waals surface area contributed by atoms with Crippen LogP contribution in [-0.4, -0.2) is 75.0 Å². The van der Waals surface area contributed by atoms with Gasteiger partial charge >= 0.3 is 0 Å². The van der Waals surface area contributed by atoms with Gasteiger partial charge in [0.05, 0.1) is 0 Å². The Hall–Kier alpha value is -1.99. The lowest BCUT2D eigenvalue weighted by atomic mass is 10.0.